The molecule has 0 aliphatic carbocycles. The summed E-state index contributed by atoms with van der Waals surface area (Å²) in [6.07, 6.45) is -0.0545. The minimum atomic E-state index is -1.43. The first-order chi connectivity index (χ1) is 23.0. The molecule has 2 aliphatic heterocycles. The fraction of sp³-hybridized carbons (Fsp3) is 0.361. The predicted molar refractivity (Wildman–Crippen MR) is 184 cm³/mol. The van der Waals surface area contributed by atoms with Crippen LogP contribution in [0.1, 0.15) is 30.6 Å². The molecule has 1 N–H and O–H groups in total. The third kappa shape index (κ3) is 7.23. The number of aromatic nitrogens is 1. The largest absolute Gasteiger partial charge is 0.493 e. The molecule has 48 heavy (non-hydrogen) atoms. The molecular weight excluding hydrogens is 660 g/mol. The maximum atomic E-state index is 15.5. The van der Waals surface area contributed by atoms with E-state index < -0.39 is 29.8 Å². The number of thioether (sulfide) groups is 1. The lowest BCUT2D eigenvalue weighted by Gasteiger charge is -2.37. The van der Waals surface area contributed by atoms with E-state index in [0.29, 0.717) is 39.4 Å². The van der Waals surface area contributed by atoms with Gasteiger partial charge in [-0.15, -0.1) is 0 Å². The topological polar surface area (TPSA) is 89.9 Å². The van der Waals surface area contributed by atoms with Crippen molar-refractivity contribution in [3.63, 3.8) is 0 Å². The first-order valence-electron chi connectivity index (χ1n) is 15.7. The number of ketones is 1. The van der Waals surface area contributed by atoms with Crippen molar-refractivity contribution in [2.45, 2.75) is 39.0 Å². The van der Waals surface area contributed by atoms with Crippen molar-refractivity contribution in [1.82, 2.24) is 9.47 Å². The number of nitrogens with zero attached hydrogens (tertiary/aromatic N) is 2. The number of carbonyl (C=O) groups is 3. The zero-order valence-electron chi connectivity index (χ0n) is 26.6. The van der Waals surface area contributed by atoms with Crippen LogP contribution in [0.2, 0.25) is 5.02 Å². The van der Waals surface area contributed by atoms with Crippen LogP contribution in [-0.4, -0.2) is 77.1 Å². The summed E-state index contributed by atoms with van der Waals surface area (Å²) in [5, 5.41) is 3.53. The highest BCUT2D eigenvalue weighted by atomic mass is 35.5. The number of fused-ring (bicyclic) bond motifs is 1. The predicted octanol–water partition coefficient (Wildman–Crippen LogP) is 7.03. The highest BCUT2D eigenvalue weighted by Crippen LogP contribution is 2.34. The summed E-state index contributed by atoms with van der Waals surface area (Å²) in [5.41, 5.74) is 1.83. The van der Waals surface area contributed by atoms with Crippen molar-refractivity contribution < 1.29 is 32.6 Å². The standard InChI is InChI=1S/C36H36ClF2N3O5S/c1-22(43)28-17-41(31-11-10-24(15-27(28)31)47-12-13-48-21-36(2)19-46-20-36)18-33(44)42-16-23(38)14-32(42)35(45)40-30-9-5-7-26(34(30)39)25-6-3-4-8-29(25)37/h3-11,15,17,23,32H,12-14,16,18-21H2,1-2H3,(H,40,45)/t23-,32+/m1/s1. The Kier molecular flexibility index (Phi) is 10.1. The molecule has 2 fully saturated rings. The van der Waals surface area contributed by atoms with Crippen LogP contribution < -0.4 is 10.1 Å². The minimum Gasteiger partial charge on any atom is -0.493 e. The first kappa shape index (κ1) is 34.0. The molecule has 1 aromatic heterocycles. The molecule has 2 atom stereocenters. The van der Waals surface area contributed by atoms with Gasteiger partial charge in [0.1, 0.15) is 24.5 Å². The summed E-state index contributed by atoms with van der Waals surface area (Å²) in [4.78, 5) is 40.8. The molecule has 2 saturated heterocycles. The van der Waals surface area contributed by atoms with Crippen LogP contribution in [0.5, 0.6) is 5.75 Å². The van der Waals surface area contributed by atoms with Crippen LogP contribution in [0.4, 0.5) is 14.5 Å². The van der Waals surface area contributed by atoms with Gasteiger partial charge >= 0.3 is 0 Å². The van der Waals surface area contributed by atoms with E-state index in [9.17, 15) is 18.8 Å². The van der Waals surface area contributed by atoms with Crippen molar-refractivity contribution in [3.05, 3.63) is 83.3 Å². The van der Waals surface area contributed by atoms with E-state index in [-0.39, 0.29) is 42.0 Å². The Hall–Kier alpha value is -3.93. The summed E-state index contributed by atoms with van der Waals surface area (Å²) in [5.74, 6) is 0.335. The molecule has 12 heteroatoms. The molecule has 2 aliphatic rings. The number of amides is 2. The van der Waals surface area contributed by atoms with Gasteiger partial charge in [0.15, 0.2) is 11.6 Å². The highest BCUT2D eigenvalue weighted by Gasteiger charge is 2.40. The molecule has 0 radical (unpaired) electrons. The number of hydrogen-bond acceptors (Lipinski definition) is 6. The summed E-state index contributed by atoms with van der Waals surface area (Å²) in [6.45, 7) is 5.21. The Morgan fingerprint density at radius 1 is 1.10 bits per heavy atom. The maximum Gasteiger partial charge on any atom is 0.247 e. The number of carbonyl (C=O) groups excluding carboxylic acids is 3. The van der Waals surface area contributed by atoms with Gasteiger partial charge in [-0.05, 0) is 37.3 Å². The van der Waals surface area contributed by atoms with Crippen LogP contribution in [0, 0.1) is 11.2 Å². The summed E-state index contributed by atoms with van der Waals surface area (Å²) < 4.78 is 43.2. The van der Waals surface area contributed by atoms with Gasteiger partial charge in [0.2, 0.25) is 11.8 Å². The Balaban J connectivity index is 1.14. The maximum absolute atomic E-state index is 15.5. The number of halogens is 3. The van der Waals surface area contributed by atoms with Gasteiger partial charge in [0, 0.05) is 62.2 Å². The number of likely N-dealkylation sites (tertiary alicyclic amines) is 1. The van der Waals surface area contributed by atoms with Crippen LogP contribution in [0.15, 0.2) is 66.9 Å². The molecule has 0 spiro atoms. The normalized spacial score (nSPS) is 18.5. The van der Waals surface area contributed by atoms with Gasteiger partial charge in [-0.2, -0.15) is 11.8 Å². The molecule has 8 nitrogen and oxygen atoms in total. The second-order valence-electron chi connectivity index (χ2n) is 12.6. The number of benzene rings is 3. The van der Waals surface area contributed by atoms with E-state index in [1.165, 1.54) is 17.9 Å². The van der Waals surface area contributed by atoms with E-state index in [2.05, 4.69) is 12.2 Å². The van der Waals surface area contributed by atoms with E-state index in [4.69, 9.17) is 21.1 Å². The summed E-state index contributed by atoms with van der Waals surface area (Å²) >= 11 is 8.08. The van der Waals surface area contributed by atoms with Gasteiger partial charge in [-0.1, -0.05) is 48.9 Å². The van der Waals surface area contributed by atoms with Crippen LogP contribution in [0.25, 0.3) is 22.0 Å². The van der Waals surface area contributed by atoms with E-state index in [0.717, 1.165) is 24.7 Å². The lowest BCUT2D eigenvalue weighted by Crippen LogP contribution is -2.44. The van der Waals surface area contributed by atoms with Crippen molar-refractivity contribution in [3.8, 4) is 16.9 Å². The second-order valence-corrected chi connectivity index (χ2v) is 14.2. The number of anilines is 1. The lowest BCUT2D eigenvalue weighted by molar-refractivity contribution is -0.137. The molecule has 3 aromatic carbocycles. The molecule has 0 unspecified atom stereocenters. The third-order valence-electron chi connectivity index (χ3n) is 8.68. The average Bonchev–Trinajstić information content (AvgIpc) is 3.62. The third-order valence-corrected chi connectivity index (χ3v) is 10.4. The van der Waals surface area contributed by atoms with Gasteiger partial charge in [-0.25, -0.2) is 8.78 Å². The molecule has 3 heterocycles. The van der Waals surface area contributed by atoms with E-state index >= 15 is 4.39 Å². The van der Waals surface area contributed by atoms with Gasteiger partial charge in [-0.3, -0.25) is 14.4 Å². The number of rotatable bonds is 12. The van der Waals surface area contributed by atoms with E-state index in [1.54, 1.807) is 65.4 Å². The number of nitrogens with one attached hydrogen (secondary N) is 1. The Bertz CT molecular complexity index is 1860. The summed E-state index contributed by atoms with van der Waals surface area (Å²) in [7, 11) is 0. The Morgan fingerprint density at radius 2 is 1.88 bits per heavy atom. The van der Waals surface area contributed by atoms with E-state index in [1.807, 2.05) is 11.8 Å². The zero-order valence-corrected chi connectivity index (χ0v) is 28.2. The van der Waals surface area contributed by atoms with Crippen LogP contribution in [0.3, 0.4) is 0 Å². The number of alkyl halides is 1. The molecule has 252 valence electrons. The summed E-state index contributed by atoms with van der Waals surface area (Å²) in [6, 6.07) is 15.5. The van der Waals surface area contributed by atoms with Crippen LogP contribution >= 0.6 is 23.4 Å². The number of ether oxygens (including phenoxy) is 2. The van der Waals surface area contributed by atoms with Gasteiger partial charge in [0.25, 0.3) is 0 Å². The quantitative estimate of drug-likeness (QED) is 0.127. The Labute approximate surface area is 286 Å². The monoisotopic (exact) mass is 695 g/mol. The molecular formula is C36H36ClF2N3O5S. The van der Waals surface area contributed by atoms with Crippen molar-refractivity contribution in [1.29, 1.82) is 0 Å². The van der Waals surface area contributed by atoms with Crippen molar-refractivity contribution in [2.24, 2.45) is 5.41 Å². The zero-order chi connectivity index (χ0) is 34.0. The molecule has 2 amide bonds. The SMILES string of the molecule is CC(=O)c1cn(CC(=O)N2C[C@H](F)C[C@H]2C(=O)Nc2cccc(-c3ccccc3Cl)c2F)c2ccc(OCCSCC3(C)COC3)cc12. The lowest BCUT2D eigenvalue weighted by atomic mass is 9.92. The molecule has 4 aromatic rings. The van der Waals surface area contributed by atoms with Gasteiger partial charge < -0.3 is 24.3 Å². The second kappa shape index (κ2) is 14.3. The smallest absolute Gasteiger partial charge is 0.247 e. The highest BCUT2D eigenvalue weighted by molar-refractivity contribution is 7.99. The fourth-order valence-electron chi connectivity index (χ4n) is 6.13. The molecule has 0 bridgehead atoms. The molecule has 6 rings (SSSR count). The number of hydrogen-bond donors (Lipinski definition) is 1. The van der Waals surface area contributed by atoms with Crippen LogP contribution in [-0.2, 0) is 20.9 Å². The minimum absolute atomic E-state index is 0.103. The van der Waals surface area contributed by atoms with Crippen molar-refractivity contribution in [2.75, 3.05) is 43.2 Å². The fourth-order valence-corrected chi connectivity index (χ4v) is 7.37. The first-order valence-corrected chi connectivity index (χ1v) is 17.3. The molecule has 0 saturated carbocycles. The average molecular weight is 696 g/mol. The Morgan fingerprint density at radius 3 is 2.60 bits per heavy atom. The number of Topliss-reactive ketones (excluding diaryl/α,β-unsaturated/α-hetero) is 1. The van der Waals surface area contributed by atoms with Gasteiger partial charge in [0.05, 0.1) is 32.1 Å². The van der Waals surface area contributed by atoms with Crippen molar-refractivity contribution >= 4 is 57.6 Å².